The molecule has 0 aliphatic heterocycles. The van der Waals surface area contributed by atoms with Gasteiger partial charge in [-0.2, -0.15) is 4.31 Å². The van der Waals surface area contributed by atoms with Crippen LogP contribution in [-0.2, 0) is 21.4 Å². The van der Waals surface area contributed by atoms with E-state index in [9.17, 15) is 13.2 Å². The van der Waals surface area contributed by atoms with Crippen molar-refractivity contribution in [3.8, 4) is 0 Å². The van der Waals surface area contributed by atoms with E-state index in [0.717, 1.165) is 15.3 Å². The molecule has 3 rings (SSSR count). The Morgan fingerprint density at radius 1 is 1.21 bits per heavy atom. The Hall–Kier alpha value is -3.17. The third kappa shape index (κ3) is 5.41. The quantitative estimate of drug-likeness (QED) is 0.622. The number of nitrogens with one attached hydrogen (secondary N) is 1. The summed E-state index contributed by atoms with van der Waals surface area (Å²) < 4.78 is 36.8. The van der Waals surface area contributed by atoms with E-state index in [2.05, 4.69) is 10.5 Å². The zero-order valence-electron chi connectivity index (χ0n) is 15.1. The van der Waals surface area contributed by atoms with Gasteiger partial charge in [-0.1, -0.05) is 35.5 Å². The second kappa shape index (κ2) is 8.68. The van der Waals surface area contributed by atoms with E-state index in [1.807, 2.05) is 6.07 Å². The van der Waals surface area contributed by atoms with Crippen LogP contribution in [0.2, 0.25) is 0 Å². The molecule has 0 saturated heterocycles. The van der Waals surface area contributed by atoms with E-state index in [0.29, 0.717) is 11.5 Å². The molecular weight excluding hydrogens is 382 g/mol. The molecule has 0 fully saturated rings. The van der Waals surface area contributed by atoms with Crippen molar-refractivity contribution in [1.29, 1.82) is 0 Å². The topological polar surface area (TPSA) is 106 Å². The lowest BCUT2D eigenvalue weighted by molar-refractivity contribution is -0.116. The standard InChI is InChI=1S/C19H19N3O5S/c1-15-12-18(21-27-15)20-19(23)14-22(13-17-8-5-10-26-17)28(24,25)11-9-16-6-3-2-4-7-16/h2-12H,13-14H2,1H3,(H,20,21,23). The van der Waals surface area contributed by atoms with E-state index in [1.54, 1.807) is 49.4 Å². The third-order valence-electron chi connectivity index (χ3n) is 3.72. The molecule has 1 amide bonds. The van der Waals surface area contributed by atoms with Gasteiger partial charge in [0.15, 0.2) is 5.82 Å². The number of aromatic nitrogens is 1. The molecule has 1 N–H and O–H groups in total. The number of sulfonamides is 1. The van der Waals surface area contributed by atoms with Crippen molar-refractivity contribution >= 4 is 27.8 Å². The van der Waals surface area contributed by atoms with Gasteiger partial charge in [0.2, 0.25) is 15.9 Å². The van der Waals surface area contributed by atoms with Gasteiger partial charge in [0.1, 0.15) is 11.5 Å². The summed E-state index contributed by atoms with van der Waals surface area (Å²) in [5.74, 6) is 0.622. The highest BCUT2D eigenvalue weighted by Crippen LogP contribution is 2.14. The van der Waals surface area contributed by atoms with Crippen molar-refractivity contribution in [2.45, 2.75) is 13.5 Å². The van der Waals surface area contributed by atoms with Crippen molar-refractivity contribution in [2.75, 3.05) is 11.9 Å². The zero-order valence-corrected chi connectivity index (χ0v) is 15.9. The van der Waals surface area contributed by atoms with Crippen LogP contribution >= 0.6 is 0 Å². The molecule has 3 aromatic rings. The minimum Gasteiger partial charge on any atom is -0.468 e. The van der Waals surface area contributed by atoms with Crippen LogP contribution in [0.3, 0.4) is 0 Å². The fourth-order valence-electron chi connectivity index (χ4n) is 2.39. The van der Waals surface area contributed by atoms with Crippen LogP contribution in [0.4, 0.5) is 5.82 Å². The number of hydrogen-bond acceptors (Lipinski definition) is 6. The minimum absolute atomic E-state index is 0.0836. The van der Waals surface area contributed by atoms with Gasteiger partial charge in [-0.15, -0.1) is 0 Å². The maximum absolute atomic E-state index is 12.8. The molecule has 0 bridgehead atoms. The van der Waals surface area contributed by atoms with Gasteiger partial charge in [-0.05, 0) is 30.7 Å². The van der Waals surface area contributed by atoms with Crippen LogP contribution in [-0.4, -0.2) is 30.3 Å². The molecule has 0 unspecified atom stereocenters. The Bertz CT molecular complexity index is 1040. The first-order valence-corrected chi connectivity index (χ1v) is 9.91. The fraction of sp³-hybridized carbons (Fsp3) is 0.158. The number of carbonyl (C=O) groups is 1. The second-order valence-electron chi connectivity index (χ2n) is 5.98. The highest BCUT2D eigenvalue weighted by Gasteiger charge is 2.24. The van der Waals surface area contributed by atoms with Crippen molar-refractivity contribution in [3.63, 3.8) is 0 Å². The third-order valence-corrected chi connectivity index (χ3v) is 5.18. The molecule has 0 saturated carbocycles. The van der Waals surface area contributed by atoms with Gasteiger partial charge < -0.3 is 14.3 Å². The summed E-state index contributed by atoms with van der Waals surface area (Å²) in [6.07, 6.45) is 2.92. The Kier molecular flexibility index (Phi) is 6.07. The summed E-state index contributed by atoms with van der Waals surface area (Å²) in [5.41, 5.74) is 0.728. The van der Waals surface area contributed by atoms with E-state index < -0.39 is 22.5 Å². The molecule has 0 spiro atoms. The highest BCUT2D eigenvalue weighted by atomic mass is 32.2. The number of aryl methyl sites for hydroxylation is 1. The predicted octanol–water partition coefficient (Wildman–Crippen LogP) is 3.02. The zero-order chi connectivity index (χ0) is 20.0. The lowest BCUT2D eigenvalue weighted by atomic mass is 10.2. The molecule has 146 valence electrons. The maximum Gasteiger partial charge on any atom is 0.240 e. The molecule has 28 heavy (non-hydrogen) atoms. The number of rotatable bonds is 8. The first-order chi connectivity index (χ1) is 13.4. The normalized spacial score (nSPS) is 11.9. The Labute approximate surface area is 162 Å². The van der Waals surface area contributed by atoms with Gasteiger partial charge >= 0.3 is 0 Å². The Balaban J connectivity index is 1.77. The molecule has 2 heterocycles. The summed E-state index contributed by atoms with van der Waals surface area (Å²) in [4.78, 5) is 12.3. The van der Waals surface area contributed by atoms with Crippen LogP contribution in [0.15, 0.2) is 69.1 Å². The van der Waals surface area contributed by atoms with Gasteiger partial charge in [0.25, 0.3) is 0 Å². The molecule has 1 aromatic carbocycles. The predicted molar refractivity (Wildman–Crippen MR) is 103 cm³/mol. The number of carbonyl (C=O) groups excluding carboxylic acids is 1. The van der Waals surface area contributed by atoms with Crippen molar-refractivity contribution in [2.24, 2.45) is 0 Å². The largest absolute Gasteiger partial charge is 0.468 e. The van der Waals surface area contributed by atoms with Crippen molar-refractivity contribution < 1.29 is 22.2 Å². The number of hydrogen-bond donors (Lipinski definition) is 1. The summed E-state index contributed by atoms with van der Waals surface area (Å²) >= 11 is 0. The molecule has 0 atom stereocenters. The van der Waals surface area contributed by atoms with E-state index in [1.165, 1.54) is 12.3 Å². The van der Waals surface area contributed by atoms with E-state index in [-0.39, 0.29) is 12.4 Å². The van der Waals surface area contributed by atoms with E-state index >= 15 is 0 Å². The maximum atomic E-state index is 12.8. The highest BCUT2D eigenvalue weighted by molar-refractivity contribution is 7.92. The lowest BCUT2D eigenvalue weighted by Crippen LogP contribution is -2.36. The summed E-state index contributed by atoms with van der Waals surface area (Å²) in [6, 6.07) is 13.8. The molecule has 2 aromatic heterocycles. The fourth-order valence-corrected chi connectivity index (χ4v) is 3.50. The molecule has 0 radical (unpaired) electrons. The average Bonchev–Trinajstić information content (AvgIpc) is 3.32. The van der Waals surface area contributed by atoms with Gasteiger partial charge in [-0.25, -0.2) is 8.42 Å². The first-order valence-electron chi connectivity index (χ1n) is 8.41. The molecule has 8 nitrogen and oxygen atoms in total. The van der Waals surface area contributed by atoms with Crippen molar-refractivity contribution in [3.05, 3.63) is 77.3 Å². The monoisotopic (exact) mass is 401 g/mol. The van der Waals surface area contributed by atoms with Crippen LogP contribution in [0.25, 0.3) is 6.08 Å². The van der Waals surface area contributed by atoms with Gasteiger partial charge in [0.05, 0.1) is 19.4 Å². The summed E-state index contributed by atoms with van der Waals surface area (Å²) in [6.45, 7) is 1.19. The second-order valence-corrected chi connectivity index (χ2v) is 7.80. The average molecular weight is 401 g/mol. The minimum atomic E-state index is -3.89. The van der Waals surface area contributed by atoms with Crippen LogP contribution in [0, 0.1) is 6.92 Å². The first kappa shape index (κ1) is 19.6. The van der Waals surface area contributed by atoms with E-state index in [4.69, 9.17) is 8.94 Å². The number of benzene rings is 1. The molecule has 9 heteroatoms. The Morgan fingerprint density at radius 3 is 2.64 bits per heavy atom. The van der Waals surface area contributed by atoms with Crippen LogP contribution < -0.4 is 5.32 Å². The molecule has 0 aliphatic carbocycles. The van der Waals surface area contributed by atoms with Crippen LogP contribution in [0.5, 0.6) is 0 Å². The van der Waals surface area contributed by atoms with Gasteiger partial charge in [-0.3, -0.25) is 4.79 Å². The molecule has 0 aliphatic rings. The van der Waals surface area contributed by atoms with Crippen LogP contribution in [0.1, 0.15) is 17.1 Å². The number of nitrogens with zero attached hydrogens (tertiary/aromatic N) is 2. The Morgan fingerprint density at radius 2 is 2.00 bits per heavy atom. The smallest absolute Gasteiger partial charge is 0.240 e. The summed E-state index contributed by atoms with van der Waals surface area (Å²) in [7, 11) is -3.89. The number of amides is 1. The number of furan rings is 1. The SMILES string of the molecule is Cc1cc(NC(=O)CN(Cc2ccco2)S(=O)(=O)C=Cc2ccccc2)no1. The lowest BCUT2D eigenvalue weighted by Gasteiger charge is -2.18. The molecular formula is C19H19N3O5S. The van der Waals surface area contributed by atoms with Crippen molar-refractivity contribution in [1.82, 2.24) is 9.46 Å². The van der Waals surface area contributed by atoms with Gasteiger partial charge in [0, 0.05) is 11.5 Å². The number of anilines is 1. The summed E-state index contributed by atoms with van der Waals surface area (Å²) in [5, 5.41) is 7.25.